The number of nitrogens with zero attached hydrogens (tertiary/aromatic N) is 3. The second kappa shape index (κ2) is 7.63. The highest BCUT2D eigenvalue weighted by atomic mass is 32.1. The van der Waals surface area contributed by atoms with Crippen molar-refractivity contribution < 1.29 is 9.90 Å². The first kappa shape index (κ1) is 17.3. The third-order valence-corrected chi connectivity index (χ3v) is 5.21. The molecule has 8 heteroatoms. The largest absolute Gasteiger partial charge is 0.508 e. The van der Waals surface area contributed by atoms with Gasteiger partial charge in [0.15, 0.2) is 0 Å². The van der Waals surface area contributed by atoms with Crippen molar-refractivity contribution in [3.63, 3.8) is 0 Å². The Labute approximate surface area is 160 Å². The molecule has 0 unspecified atom stereocenters. The van der Waals surface area contributed by atoms with Crippen molar-refractivity contribution in [3.8, 4) is 27.4 Å². The Morgan fingerprint density at radius 2 is 2.11 bits per heavy atom. The van der Waals surface area contributed by atoms with Crippen molar-refractivity contribution >= 4 is 23.3 Å². The summed E-state index contributed by atoms with van der Waals surface area (Å²) in [6.07, 6.45) is 1.79. The van der Waals surface area contributed by atoms with Gasteiger partial charge in [-0.2, -0.15) is 0 Å². The number of thiophene rings is 1. The molecule has 3 heterocycles. The van der Waals surface area contributed by atoms with Crippen LogP contribution in [0.2, 0.25) is 0 Å². The van der Waals surface area contributed by atoms with Crippen molar-refractivity contribution in [3.05, 3.63) is 48.0 Å². The van der Waals surface area contributed by atoms with Crippen molar-refractivity contribution in [2.75, 3.05) is 31.5 Å². The minimum absolute atomic E-state index is 0.0281. The summed E-state index contributed by atoms with van der Waals surface area (Å²) in [5.74, 6) is 0.752. The van der Waals surface area contributed by atoms with E-state index < -0.39 is 0 Å². The lowest BCUT2D eigenvalue weighted by atomic mass is 10.0. The first-order chi connectivity index (χ1) is 13.2. The average Bonchev–Trinajstić information content (AvgIpc) is 3.35. The van der Waals surface area contributed by atoms with Crippen molar-refractivity contribution in [1.29, 1.82) is 0 Å². The number of anilines is 1. The molecule has 7 nitrogen and oxygen atoms in total. The van der Waals surface area contributed by atoms with Gasteiger partial charge in [0.05, 0.1) is 10.6 Å². The van der Waals surface area contributed by atoms with Crippen LogP contribution in [0, 0.1) is 0 Å². The molecule has 3 aromatic rings. The van der Waals surface area contributed by atoms with Crippen LogP contribution in [-0.4, -0.2) is 52.2 Å². The maximum Gasteiger partial charge on any atom is 0.317 e. The van der Waals surface area contributed by atoms with Gasteiger partial charge in [0, 0.05) is 37.9 Å². The SMILES string of the molecule is O=C1NCCN1CCNc1ncc(-c2ccc(O)cc2)c(-c2cccs2)n1. The highest BCUT2D eigenvalue weighted by Gasteiger charge is 2.18. The molecule has 1 aliphatic heterocycles. The molecule has 3 N–H and O–H groups in total. The molecule has 2 aromatic heterocycles. The summed E-state index contributed by atoms with van der Waals surface area (Å²) in [5.41, 5.74) is 2.69. The van der Waals surface area contributed by atoms with Gasteiger partial charge in [0.25, 0.3) is 0 Å². The molecule has 0 bridgehead atoms. The third kappa shape index (κ3) is 3.85. The van der Waals surface area contributed by atoms with E-state index >= 15 is 0 Å². The normalized spacial score (nSPS) is 13.6. The van der Waals surface area contributed by atoms with E-state index in [1.54, 1.807) is 34.6 Å². The number of phenols is 1. The predicted octanol–water partition coefficient (Wildman–Crippen LogP) is 3.01. The fourth-order valence-electron chi connectivity index (χ4n) is 2.95. The summed E-state index contributed by atoms with van der Waals surface area (Å²) in [5, 5.41) is 17.5. The Hall–Kier alpha value is -3.13. The quantitative estimate of drug-likeness (QED) is 0.611. The summed E-state index contributed by atoms with van der Waals surface area (Å²) in [7, 11) is 0. The van der Waals surface area contributed by atoms with Crippen LogP contribution in [0.3, 0.4) is 0 Å². The van der Waals surface area contributed by atoms with E-state index in [9.17, 15) is 9.90 Å². The van der Waals surface area contributed by atoms with Crippen molar-refractivity contribution in [2.24, 2.45) is 0 Å². The Bertz CT molecular complexity index is 928. The van der Waals surface area contributed by atoms with Gasteiger partial charge in [-0.15, -0.1) is 11.3 Å². The van der Waals surface area contributed by atoms with E-state index in [1.807, 2.05) is 29.6 Å². The molecule has 1 aliphatic rings. The maximum atomic E-state index is 11.6. The van der Waals surface area contributed by atoms with E-state index in [0.29, 0.717) is 25.6 Å². The second-order valence-electron chi connectivity index (χ2n) is 6.13. The zero-order chi connectivity index (χ0) is 18.6. The molecule has 1 saturated heterocycles. The number of nitrogens with one attached hydrogen (secondary N) is 2. The lowest BCUT2D eigenvalue weighted by Crippen LogP contribution is -2.32. The number of aromatic hydroxyl groups is 1. The smallest absolute Gasteiger partial charge is 0.317 e. The minimum atomic E-state index is -0.0281. The number of phenolic OH excluding ortho intramolecular Hbond substituents is 1. The highest BCUT2D eigenvalue weighted by Crippen LogP contribution is 2.33. The number of benzene rings is 1. The van der Waals surface area contributed by atoms with Crippen LogP contribution in [0.25, 0.3) is 21.7 Å². The standard InChI is InChI=1S/C19H19N5O2S/c25-14-5-3-13(4-6-14)15-12-22-18(23-17(15)16-2-1-11-27-16)20-7-9-24-10-8-21-19(24)26/h1-6,11-12,25H,7-10H2,(H,21,26)(H,20,22,23). The number of carbonyl (C=O) groups is 1. The van der Waals surface area contributed by atoms with Crippen LogP contribution in [0.4, 0.5) is 10.7 Å². The molecule has 0 saturated carbocycles. The molecule has 0 spiro atoms. The van der Waals surface area contributed by atoms with Gasteiger partial charge in [-0.1, -0.05) is 18.2 Å². The third-order valence-electron chi connectivity index (χ3n) is 4.33. The molecule has 0 atom stereocenters. The Balaban J connectivity index is 1.56. The topological polar surface area (TPSA) is 90.4 Å². The molecular formula is C19H19N5O2S. The summed E-state index contributed by atoms with van der Waals surface area (Å²) in [4.78, 5) is 23.5. The maximum absolute atomic E-state index is 11.6. The number of rotatable bonds is 6. The molecule has 0 aliphatic carbocycles. The van der Waals surface area contributed by atoms with E-state index in [4.69, 9.17) is 4.98 Å². The molecule has 0 radical (unpaired) electrons. The van der Waals surface area contributed by atoms with E-state index in [-0.39, 0.29) is 11.8 Å². The number of amides is 2. The fraction of sp³-hybridized carbons (Fsp3) is 0.211. The van der Waals surface area contributed by atoms with Gasteiger partial charge >= 0.3 is 6.03 Å². The number of carbonyl (C=O) groups excluding carboxylic acids is 1. The van der Waals surface area contributed by atoms with Crippen LogP contribution in [0.15, 0.2) is 48.0 Å². The number of urea groups is 1. The summed E-state index contributed by atoms with van der Waals surface area (Å²) in [6, 6.07) is 11.0. The van der Waals surface area contributed by atoms with Crippen LogP contribution < -0.4 is 10.6 Å². The average molecular weight is 381 g/mol. The summed E-state index contributed by atoms with van der Waals surface area (Å²) >= 11 is 1.61. The van der Waals surface area contributed by atoms with Crippen LogP contribution in [-0.2, 0) is 0 Å². The molecule has 1 fully saturated rings. The number of hydrogen-bond acceptors (Lipinski definition) is 6. The lowest BCUT2D eigenvalue weighted by molar-refractivity contribution is 0.219. The zero-order valence-electron chi connectivity index (χ0n) is 14.6. The van der Waals surface area contributed by atoms with E-state index in [2.05, 4.69) is 15.6 Å². The predicted molar refractivity (Wildman–Crippen MR) is 106 cm³/mol. The number of aromatic nitrogens is 2. The van der Waals surface area contributed by atoms with Gasteiger partial charge in [0.1, 0.15) is 5.75 Å². The van der Waals surface area contributed by atoms with Gasteiger partial charge in [-0.3, -0.25) is 0 Å². The molecule has 138 valence electrons. The van der Waals surface area contributed by atoms with Crippen LogP contribution in [0.5, 0.6) is 5.75 Å². The molecule has 2 amide bonds. The van der Waals surface area contributed by atoms with Gasteiger partial charge < -0.3 is 20.6 Å². The molecule has 1 aromatic carbocycles. The minimum Gasteiger partial charge on any atom is -0.508 e. The van der Waals surface area contributed by atoms with Crippen LogP contribution >= 0.6 is 11.3 Å². The van der Waals surface area contributed by atoms with E-state index in [1.165, 1.54) is 0 Å². The van der Waals surface area contributed by atoms with Gasteiger partial charge in [-0.05, 0) is 29.1 Å². The first-order valence-electron chi connectivity index (χ1n) is 8.68. The molecule has 4 rings (SSSR count). The lowest BCUT2D eigenvalue weighted by Gasteiger charge is -2.15. The monoisotopic (exact) mass is 381 g/mol. The molecular weight excluding hydrogens is 362 g/mol. The summed E-state index contributed by atoms with van der Waals surface area (Å²) in [6.45, 7) is 2.60. The fourth-order valence-corrected chi connectivity index (χ4v) is 3.68. The Kier molecular flexibility index (Phi) is 4.88. The van der Waals surface area contributed by atoms with Gasteiger partial charge in [-0.25, -0.2) is 14.8 Å². The second-order valence-corrected chi connectivity index (χ2v) is 7.07. The Morgan fingerprint density at radius 3 is 2.81 bits per heavy atom. The van der Waals surface area contributed by atoms with Crippen molar-refractivity contribution in [2.45, 2.75) is 0 Å². The summed E-state index contributed by atoms with van der Waals surface area (Å²) < 4.78 is 0. The highest BCUT2D eigenvalue weighted by molar-refractivity contribution is 7.13. The molecule has 27 heavy (non-hydrogen) atoms. The number of hydrogen-bond donors (Lipinski definition) is 3. The zero-order valence-corrected chi connectivity index (χ0v) is 15.4. The first-order valence-corrected chi connectivity index (χ1v) is 9.55. The van der Waals surface area contributed by atoms with Crippen molar-refractivity contribution in [1.82, 2.24) is 20.2 Å². The van der Waals surface area contributed by atoms with Gasteiger partial charge in [0.2, 0.25) is 5.95 Å². The Morgan fingerprint density at radius 1 is 1.26 bits per heavy atom. The van der Waals surface area contributed by atoms with E-state index in [0.717, 1.165) is 28.2 Å². The van der Waals surface area contributed by atoms with Crippen LogP contribution in [0.1, 0.15) is 0 Å².